The smallest absolute Gasteiger partial charge is 0.122 e. The van der Waals surface area contributed by atoms with Gasteiger partial charge in [-0.05, 0) is 19.3 Å². The van der Waals surface area contributed by atoms with Crippen LogP contribution in [0.25, 0.3) is 0 Å². The van der Waals surface area contributed by atoms with Crippen molar-refractivity contribution in [1.29, 1.82) is 0 Å². The van der Waals surface area contributed by atoms with E-state index in [4.69, 9.17) is 0 Å². The van der Waals surface area contributed by atoms with Gasteiger partial charge >= 0.3 is 0 Å². The van der Waals surface area contributed by atoms with Crippen LogP contribution in [0.15, 0.2) is 4.99 Å². The molecule has 2 fully saturated rings. The Bertz CT molecular complexity index is 137. The Kier molecular flexibility index (Phi) is 1.01. The van der Waals surface area contributed by atoms with Gasteiger partial charge in [0.2, 0.25) is 0 Å². The van der Waals surface area contributed by atoms with Crippen molar-refractivity contribution in [2.75, 3.05) is 13.6 Å². The third-order valence-electron chi connectivity index (χ3n) is 2.26. The Balaban J connectivity index is 2.06. The van der Waals surface area contributed by atoms with Gasteiger partial charge in [-0.25, -0.2) is 0 Å². The molecule has 2 rings (SSSR count). The largest absolute Gasteiger partial charge is 0.348 e. The fourth-order valence-electron chi connectivity index (χ4n) is 1.72. The average molecular weight is 124 g/mol. The summed E-state index contributed by atoms with van der Waals surface area (Å²) < 4.78 is 0. The maximum atomic E-state index is 4.19. The fourth-order valence-corrected chi connectivity index (χ4v) is 1.72. The fraction of sp³-hybridized carbons (Fsp3) is 0.857. The standard InChI is InChI=1S/C7H12N2/c1-8-7-6-4-2-3-5-9(6)7/h6H,2-5H2,1H3. The first kappa shape index (κ1) is 5.27. The zero-order chi connectivity index (χ0) is 6.27. The van der Waals surface area contributed by atoms with Crippen LogP contribution in [-0.2, 0) is 0 Å². The van der Waals surface area contributed by atoms with Crippen LogP contribution < -0.4 is 0 Å². The van der Waals surface area contributed by atoms with E-state index >= 15 is 0 Å². The third-order valence-corrected chi connectivity index (χ3v) is 2.26. The summed E-state index contributed by atoms with van der Waals surface area (Å²) in [4.78, 5) is 6.59. The highest BCUT2D eigenvalue weighted by Crippen LogP contribution is 2.31. The van der Waals surface area contributed by atoms with Gasteiger partial charge < -0.3 is 4.90 Å². The van der Waals surface area contributed by atoms with Crippen LogP contribution in [0.1, 0.15) is 19.3 Å². The third kappa shape index (κ3) is 0.655. The van der Waals surface area contributed by atoms with E-state index in [9.17, 15) is 0 Å². The number of fused-ring (bicyclic) bond motifs is 1. The lowest BCUT2D eigenvalue weighted by atomic mass is 10.1. The van der Waals surface area contributed by atoms with Crippen molar-refractivity contribution in [2.45, 2.75) is 25.3 Å². The lowest BCUT2D eigenvalue weighted by Crippen LogP contribution is -2.09. The highest BCUT2D eigenvalue weighted by molar-refractivity contribution is 6.01. The second kappa shape index (κ2) is 1.72. The molecule has 0 saturated carbocycles. The molecule has 2 saturated heterocycles. The van der Waals surface area contributed by atoms with Crippen molar-refractivity contribution in [2.24, 2.45) is 4.99 Å². The maximum absolute atomic E-state index is 4.19. The minimum absolute atomic E-state index is 0.767. The van der Waals surface area contributed by atoms with Gasteiger partial charge in [-0.15, -0.1) is 0 Å². The van der Waals surface area contributed by atoms with Crippen LogP contribution in [0.2, 0.25) is 0 Å². The van der Waals surface area contributed by atoms with Gasteiger partial charge in [0.15, 0.2) is 0 Å². The Morgan fingerprint density at radius 3 is 3.00 bits per heavy atom. The number of amidine groups is 1. The van der Waals surface area contributed by atoms with E-state index in [0.717, 1.165) is 6.04 Å². The summed E-state index contributed by atoms with van der Waals surface area (Å²) in [6.07, 6.45) is 4.13. The summed E-state index contributed by atoms with van der Waals surface area (Å²) in [5, 5.41) is 0. The van der Waals surface area contributed by atoms with Gasteiger partial charge in [0.25, 0.3) is 0 Å². The van der Waals surface area contributed by atoms with Crippen LogP contribution in [0, 0.1) is 0 Å². The molecule has 9 heavy (non-hydrogen) atoms. The van der Waals surface area contributed by atoms with E-state index < -0.39 is 0 Å². The molecule has 0 spiro atoms. The van der Waals surface area contributed by atoms with Crippen LogP contribution in [-0.4, -0.2) is 30.4 Å². The molecule has 2 heteroatoms. The molecule has 50 valence electrons. The molecule has 0 aliphatic carbocycles. The number of hydrogen-bond acceptors (Lipinski definition) is 1. The molecule has 2 aliphatic heterocycles. The Hall–Kier alpha value is -0.530. The summed E-state index contributed by atoms with van der Waals surface area (Å²) in [5.41, 5.74) is 0. The second-order valence-electron chi connectivity index (χ2n) is 2.79. The molecule has 0 aromatic rings. The predicted octanol–water partition coefficient (Wildman–Crippen LogP) is 0.883. The van der Waals surface area contributed by atoms with Crippen LogP contribution in [0.4, 0.5) is 0 Å². The molecular weight excluding hydrogens is 112 g/mol. The molecule has 1 atom stereocenters. The highest BCUT2D eigenvalue weighted by atomic mass is 15.4. The van der Waals surface area contributed by atoms with Crippen molar-refractivity contribution < 1.29 is 0 Å². The molecule has 0 aromatic heterocycles. The van der Waals surface area contributed by atoms with E-state index in [1.54, 1.807) is 0 Å². The van der Waals surface area contributed by atoms with Crippen molar-refractivity contribution in [3.8, 4) is 0 Å². The molecule has 1 unspecified atom stereocenters. The van der Waals surface area contributed by atoms with Gasteiger partial charge in [-0.2, -0.15) is 0 Å². The number of rotatable bonds is 0. The molecule has 2 nitrogen and oxygen atoms in total. The van der Waals surface area contributed by atoms with Crippen molar-refractivity contribution in [1.82, 2.24) is 4.90 Å². The Labute approximate surface area is 55.6 Å². The summed E-state index contributed by atoms with van der Waals surface area (Å²) in [5.74, 6) is 1.35. The lowest BCUT2D eigenvalue weighted by Gasteiger charge is -2.07. The first-order valence-electron chi connectivity index (χ1n) is 3.67. The van der Waals surface area contributed by atoms with E-state index in [1.807, 2.05) is 7.05 Å². The minimum Gasteiger partial charge on any atom is -0.348 e. The summed E-state index contributed by atoms with van der Waals surface area (Å²) in [6.45, 7) is 1.26. The normalized spacial score (nSPS) is 36.8. The van der Waals surface area contributed by atoms with Crippen LogP contribution in [0.3, 0.4) is 0 Å². The average Bonchev–Trinajstić information content (AvgIpc) is 2.60. The molecule has 0 amide bonds. The van der Waals surface area contributed by atoms with Gasteiger partial charge in [0, 0.05) is 13.6 Å². The molecule has 0 bridgehead atoms. The summed E-state index contributed by atoms with van der Waals surface area (Å²) >= 11 is 0. The van der Waals surface area contributed by atoms with Gasteiger partial charge in [-0.1, -0.05) is 0 Å². The molecule has 2 heterocycles. The topological polar surface area (TPSA) is 15.4 Å². The van der Waals surface area contributed by atoms with E-state index in [-0.39, 0.29) is 0 Å². The van der Waals surface area contributed by atoms with Gasteiger partial charge in [0.05, 0.1) is 6.04 Å². The Morgan fingerprint density at radius 2 is 2.44 bits per heavy atom. The van der Waals surface area contributed by atoms with Crippen molar-refractivity contribution in [3.05, 3.63) is 0 Å². The van der Waals surface area contributed by atoms with Crippen LogP contribution in [0.5, 0.6) is 0 Å². The minimum atomic E-state index is 0.767. The molecule has 0 N–H and O–H groups in total. The second-order valence-corrected chi connectivity index (χ2v) is 2.79. The predicted molar refractivity (Wildman–Crippen MR) is 37.7 cm³/mol. The first-order chi connectivity index (χ1) is 4.43. The quantitative estimate of drug-likeness (QED) is 0.438. The SMILES string of the molecule is CN=C1C2CCCCN12. The molecular formula is C7H12N2. The van der Waals surface area contributed by atoms with E-state index in [1.165, 1.54) is 31.6 Å². The zero-order valence-electron chi connectivity index (χ0n) is 5.80. The van der Waals surface area contributed by atoms with Crippen LogP contribution >= 0.6 is 0 Å². The number of nitrogens with zero attached hydrogens (tertiary/aromatic N) is 2. The molecule has 0 aromatic carbocycles. The van der Waals surface area contributed by atoms with Crippen molar-refractivity contribution in [3.63, 3.8) is 0 Å². The lowest BCUT2D eigenvalue weighted by molar-refractivity contribution is 0.420. The number of hydrogen-bond donors (Lipinski definition) is 0. The summed E-state index contributed by atoms with van der Waals surface area (Å²) in [6, 6.07) is 0.767. The number of piperidine rings is 1. The number of aliphatic imine (C=N–C) groups is 1. The zero-order valence-corrected chi connectivity index (χ0v) is 5.80. The van der Waals surface area contributed by atoms with E-state index in [2.05, 4.69) is 9.89 Å². The summed E-state index contributed by atoms with van der Waals surface area (Å²) in [7, 11) is 1.90. The van der Waals surface area contributed by atoms with Gasteiger partial charge in [0.1, 0.15) is 5.84 Å². The maximum Gasteiger partial charge on any atom is 0.122 e. The van der Waals surface area contributed by atoms with E-state index in [0.29, 0.717) is 0 Å². The van der Waals surface area contributed by atoms with Crippen molar-refractivity contribution >= 4 is 5.84 Å². The Morgan fingerprint density at radius 1 is 1.56 bits per heavy atom. The molecule has 2 aliphatic rings. The monoisotopic (exact) mass is 124 g/mol. The first-order valence-corrected chi connectivity index (χ1v) is 3.67. The molecule has 0 radical (unpaired) electrons. The highest BCUT2D eigenvalue weighted by Gasteiger charge is 2.42. The van der Waals surface area contributed by atoms with Gasteiger partial charge in [-0.3, -0.25) is 4.99 Å².